The second kappa shape index (κ2) is 4.11. The molecule has 0 heterocycles. The predicted octanol–water partition coefficient (Wildman–Crippen LogP) is 4.26. The van der Waals surface area contributed by atoms with Crippen molar-refractivity contribution in [3.8, 4) is 0 Å². The standard InChI is InChI=1S/C11H19F3/c1-7(2)9-4-8(3)5-10(6-9)11(12,13)14/h7-10H,4-6H2,1-3H3/t8-,9-,10+/m0/s1. The third-order valence-electron chi connectivity index (χ3n) is 3.38. The Morgan fingerprint density at radius 1 is 1.07 bits per heavy atom. The number of alkyl halides is 3. The number of rotatable bonds is 1. The van der Waals surface area contributed by atoms with Gasteiger partial charge in [-0.05, 0) is 37.0 Å². The zero-order valence-corrected chi connectivity index (χ0v) is 9.06. The van der Waals surface area contributed by atoms with Gasteiger partial charge in [0, 0.05) is 0 Å². The molecular formula is C11H19F3. The van der Waals surface area contributed by atoms with Crippen LogP contribution < -0.4 is 0 Å². The highest BCUT2D eigenvalue weighted by Crippen LogP contribution is 2.44. The van der Waals surface area contributed by atoms with Crippen molar-refractivity contribution in [3.63, 3.8) is 0 Å². The fourth-order valence-corrected chi connectivity index (χ4v) is 2.47. The van der Waals surface area contributed by atoms with E-state index in [1.807, 2.05) is 20.8 Å². The Hall–Kier alpha value is -0.210. The first-order valence-corrected chi connectivity index (χ1v) is 5.37. The van der Waals surface area contributed by atoms with Gasteiger partial charge in [0.15, 0.2) is 0 Å². The fraction of sp³-hybridized carbons (Fsp3) is 1.00. The molecule has 0 aromatic rings. The zero-order chi connectivity index (χ0) is 10.9. The van der Waals surface area contributed by atoms with Crippen LogP contribution in [0.5, 0.6) is 0 Å². The molecule has 1 aliphatic rings. The molecule has 0 amide bonds. The monoisotopic (exact) mass is 208 g/mol. The van der Waals surface area contributed by atoms with Gasteiger partial charge in [-0.3, -0.25) is 0 Å². The van der Waals surface area contributed by atoms with Gasteiger partial charge in [0.2, 0.25) is 0 Å². The molecule has 1 rings (SSSR count). The van der Waals surface area contributed by atoms with Gasteiger partial charge in [0.05, 0.1) is 5.92 Å². The van der Waals surface area contributed by atoms with Crippen molar-refractivity contribution in [2.75, 3.05) is 0 Å². The number of hydrogen-bond acceptors (Lipinski definition) is 0. The van der Waals surface area contributed by atoms with E-state index >= 15 is 0 Å². The largest absolute Gasteiger partial charge is 0.391 e. The lowest BCUT2D eigenvalue weighted by atomic mass is 9.71. The van der Waals surface area contributed by atoms with Crippen LogP contribution in [0.4, 0.5) is 13.2 Å². The summed E-state index contributed by atoms with van der Waals surface area (Å²) in [6.07, 6.45) is -2.36. The summed E-state index contributed by atoms with van der Waals surface area (Å²) in [7, 11) is 0. The van der Waals surface area contributed by atoms with Crippen LogP contribution in [0.25, 0.3) is 0 Å². The molecule has 0 nitrogen and oxygen atoms in total. The second-order valence-corrected chi connectivity index (χ2v) is 5.05. The van der Waals surface area contributed by atoms with Crippen LogP contribution in [0.3, 0.4) is 0 Å². The molecule has 3 heteroatoms. The first kappa shape index (κ1) is 11.9. The molecule has 0 spiro atoms. The van der Waals surface area contributed by atoms with Gasteiger partial charge in [0.25, 0.3) is 0 Å². The van der Waals surface area contributed by atoms with E-state index in [1.165, 1.54) is 0 Å². The molecule has 14 heavy (non-hydrogen) atoms. The summed E-state index contributed by atoms with van der Waals surface area (Å²) in [5, 5.41) is 0. The Bertz CT molecular complexity index is 183. The minimum absolute atomic E-state index is 0.225. The average Bonchev–Trinajstić information content (AvgIpc) is 2.01. The molecular weight excluding hydrogens is 189 g/mol. The quantitative estimate of drug-likeness (QED) is 0.604. The van der Waals surface area contributed by atoms with Crippen LogP contribution in [0.1, 0.15) is 40.0 Å². The Kier molecular flexibility index (Phi) is 3.49. The van der Waals surface area contributed by atoms with Crippen LogP contribution >= 0.6 is 0 Å². The van der Waals surface area contributed by atoms with Crippen LogP contribution in [-0.2, 0) is 0 Å². The maximum absolute atomic E-state index is 12.6. The van der Waals surface area contributed by atoms with Crippen molar-refractivity contribution in [2.24, 2.45) is 23.7 Å². The van der Waals surface area contributed by atoms with Crippen molar-refractivity contribution in [1.29, 1.82) is 0 Å². The molecule has 1 saturated carbocycles. The van der Waals surface area contributed by atoms with E-state index in [9.17, 15) is 13.2 Å². The lowest BCUT2D eigenvalue weighted by Crippen LogP contribution is -2.33. The highest BCUT2D eigenvalue weighted by atomic mass is 19.4. The summed E-state index contributed by atoms with van der Waals surface area (Å²) in [5.41, 5.74) is 0. The third kappa shape index (κ3) is 2.89. The van der Waals surface area contributed by atoms with E-state index < -0.39 is 12.1 Å². The molecule has 0 N–H and O–H groups in total. The first-order valence-electron chi connectivity index (χ1n) is 5.37. The minimum atomic E-state index is -3.98. The lowest BCUT2D eigenvalue weighted by Gasteiger charge is -2.36. The lowest BCUT2D eigenvalue weighted by molar-refractivity contribution is -0.191. The maximum atomic E-state index is 12.6. The zero-order valence-electron chi connectivity index (χ0n) is 9.06. The van der Waals surface area contributed by atoms with Crippen molar-refractivity contribution >= 4 is 0 Å². The van der Waals surface area contributed by atoms with Crippen LogP contribution in [-0.4, -0.2) is 6.18 Å². The van der Waals surface area contributed by atoms with Crippen LogP contribution in [0, 0.1) is 23.7 Å². The highest BCUT2D eigenvalue weighted by Gasteiger charge is 2.44. The Morgan fingerprint density at radius 2 is 1.64 bits per heavy atom. The van der Waals surface area contributed by atoms with Crippen molar-refractivity contribution < 1.29 is 13.2 Å². The molecule has 0 aliphatic heterocycles. The molecule has 84 valence electrons. The Balaban J connectivity index is 2.63. The second-order valence-electron chi connectivity index (χ2n) is 5.05. The third-order valence-corrected chi connectivity index (χ3v) is 3.38. The Morgan fingerprint density at radius 3 is 2.07 bits per heavy atom. The smallest absolute Gasteiger partial charge is 0.171 e. The highest BCUT2D eigenvalue weighted by molar-refractivity contribution is 4.82. The van der Waals surface area contributed by atoms with E-state index in [1.54, 1.807) is 0 Å². The summed E-state index contributed by atoms with van der Waals surface area (Å²) in [6.45, 7) is 5.99. The normalized spacial score (nSPS) is 34.9. The van der Waals surface area contributed by atoms with E-state index in [2.05, 4.69) is 0 Å². The van der Waals surface area contributed by atoms with Crippen molar-refractivity contribution in [3.05, 3.63) is 0 Å². The summed E-state index contributed by atoms with van der Waals surface area (Å²) >= 11 is 0. The van der Waals surface area contributed by atoms with Crippen molar-refractivity contribution in [2.45, 2.75) is 46.2 Å². The van der Waals surface area contributed by atoms with Gasteiger partial charge in [0.1, 0.15) is 0 Å². The van der Waals surface area contributed by atoms with Gasteiger partial charge in [-0.2, -0.15) is 13.2 Å². The maximum Gasteiger partial charge on any atom is 0.391 e. The molecule has 0 aromatic heterocycles. The SMILES string of the molecule is CC(C)[C@H]1C[C@H](C)C[C@@H](C(F)(F)F)C1. The average molecular weight is 208 g/mol. The molecule has 0 saturated heterocycles. The summed E-state index contributed by atoms with van der Waals surface area (Å²) in [5.74, 6) is -0.200. The van der Waals surface area contributed by atoms with E-state index in [-0.39, 0.29) is 11.8 Å². The summed E-state index contributed by atoms with van der Waals surface area (Å²) in [4.78, 5) is 0. The minimum Gasteiger partial charge on any atom is -0.171 e. The van der Waals surface area contributed by atoms with E-state index in [4.69, 9.17) is 0 Å². The van der Waals surface area contributed by atoms with Gasteiger partial charge in [-0.1, -0.05) is 20.8 Å². The summed E-state index contributed by atoms with van der Waals surface area (Å²) in [6, 6.07) is 0. The van der Waals surface area contributed by atoms with Crippen LogP contribution in [0.2, 0.25) is 0 Å². The Labute approximate surface area is 83.9 Å². The fourth-order valence-electron chi connectivity index (χ4n) is 2.47. The molecule has 0 radical (unpaired) electrons. The molecule has 1 aliphatic carbocycles. The van der Waals surface area contributed by atoms with E-state index in [0.717, 1.165) is 6.42 Å². The molecule has 0 unspecified atom stereocenters. The van der Waals surface area contributed by atoms with Crippen molar-refractivity contribution in [1.82, 2.24) is 0 Å². The number of hydrogen-bond donors (Lipinski definition) is 0. The van der Waals surface area contributed by atoms with Gasteiger partial charge in [-0.15, -0.1) is 0 Å². The molecule has 1 fully saturated rings. The molecule has 3 atom stereocenters. The van der Waals surface area contributed by atoms with Crippen LogP contribution in [0.15, 0.2) is 0 Å². The first-order chi connectivity index (χ1) is 6.30. The van der Waals surface area contributed by atoms with E-state index in [0.29, 0.717) is 18.8 Å². The van der Waals surface area contributed by atoms with Gasteiger partial charge >= 0.3 is 6.18 Å². The summed E-state index contributed by atoms with van der Waals surface area (Å²) < 4.78 is 37.7. The van der Waals surface area contributed by atoms with Gasteiger partial charge < -0.3 is 0 Å². The molecule has 0 bridgehead atoms. The number of halogens is 3. The molecule has 0 aromatic carbocycles. The topological polar surface area (TPSA) is 0 Å². The van der Waals surface area contributed by atoms with Gasteiger partial charge in [-0.25, -0.2) is 0 Å². The predicted molar refractivity (Wildman–Crippen MR) is 50.9 cm³/mol.